The summed E-state index contributed by atoms with van der Waals surface area (Å²) in [6.07, 6.45) is 0. The van der Waals surface area contributed by atoms with Gasteiger partial charge in [-0.05, 0) is 27.3 Å². The summed E-state index contributed by atoms with van der Waals surface area (Å²) in [6, 6.07) is 16.7. The van der Waals surface area contributed by atoms with Crippen molar-refractivity contribution in [2.24, 2.45) is 0 Å². The fourth-order valence-corrected chi connectivity index (χ4v) is 2.96. The summed E-state index contributed by atoms with van der Waals surface area (Å²) in [6.45, 7) is 8.55. The SMILES string of the molecule is C=c1c2ccccc2c(=C)c2c1[nH]c1ccccc12. The van der Waals surface area contributed by atoms with E-state index in [0.717, 1.165) is 21.5 Å². The van der Waals surface area contributed by atoms with Crippen molar-refractivity contribution >= 4 is 45.7 Å². The van der Waals surface area contributed by atoms with Crippen molar-refractivity contribution in [3.63, 3.8) is 0 Å². The van der Waals surface area contributed by atoms with Crippen molar-refractivity contribution in [1.29, 1.82) is 0 Å². The molecule has 0 radical (unpaired) electrons. The zero-order valence-electron chi connectivity index (χ0n) is 10.5. The van der Waals surface area contributed by atoms with E-state index in [1.165, 1.54) is 21.5 Å². The molecule has 0 saturated heterocycles. The molecule has 0 aliphatic heterocycles. The molecule has 0 atom stereocenters. The van der Waals surface area contributed by atoms with Crippen LogP contribution in [-0.2, 0) is 0 Å². The topological polar surface area (TPSA) is 15.8 Å². The molecule has 0 aliphatic carbocycles. The van der Waals surface area contributed by atoms with Gasteiger partial charge in [-0.2, -0.15) is 0 Å². The molecule has 0 unspecified atom stereocenters. The fourth-order valence-electron chi connectivity index (χ4n) is 2.96. The molecule has 3 aromatic carbocycles. The Morgan fingerprint density at radius 3 is 2.00 bits per heavy atom. The Kier molecular flexibility index (Phi) is 1.91. The van der Waals surface area contributed by atoms with Gasteiger partial charge in [0.05, 0.1) is 5.52 Å². The second-order valence-electron chi connectivity index (χ2n) is 4.92. The van der Waals surface area contributed by atoms with Crippen LogP contribution in [-0.4, -0.2) is 4.98 Å². The molecule has 1 heteroatoms. The molecule has 0 bridgehead atoms. The third kappa shape index (κ3) is 1.24. The van der Waals surface area contributed by atoms with Gasteiger partial charge in [0.1, 0.15) is 0 Å². The summed E-state index contributed by atoms with van der Waals surface area (Å²) in [5.74, 6) is 0. The molecule has 1 aromatic heterocycles. The van der Waals surface area contributed by atoms with Gasteiger partial charge >= 0.3 is 0 Å². The lowest BCUT2D eigenvalue weighted by Crippen LogP contribution is -2.11. The van der Waals surface area contributed by atoms with Crippen molar-refractivity contribution in [2.45, 2.75) is 0 Å². The van der Waals surface area contributed by atoms with E-state index in [1.807, 2.05) is 12.1 Å². The van der Waals surface area contributed by atoms with Gasteiger partial charge in [0, 0.05) is 16.3 Å². The molecule has 1 N–H and O–H groups in total. The molecule has 90 valence electrons. The highest BCUT2D eigenvalue weighted by molar-refractivity contribution is 6.12. The van der Waals surface area contributed by atoms with Gasteiger partial charge in [-0.25, -0.2) is 0 Å². The van der Waals surface area contributed by atoms with Crippen LogP contribution < -0.4 is 10.4 Å². The van der Waals surface area contributed by atoms with Crippen molar-refractivity contribution in [2.75, 3.05) is 0 Å². The van der Waals surface area contributed by atoms with Crippen LogP contribution in [0.4, 0.5) is 0 Å². The second kappa shape index (κ2) is 3.48. The predicted molar refractivity (Wildman–Crippen MR) is 83.6 cm³/mol. The van der Waals surface area contributed by atoms with E-state index in [1.54, 1.807) is 0 Å². The first-order valence-corrected chi connectivity index (χ1v) is 6.36. The molecule has 0 aliphatic rings. The summed E-state index contributed by atoms with van der Waals surface area (Å²) < 4.78 is 0. The minimum absolute atomic E-state index is 1.05. The van der Waals surface area contributed by atoms with E-state index < -0.39 is 0 Å². The number of fused-ring (bicyclic) bond motifs is 4. The van der Waals surface area contributed by atoms with Crippen LogP contribution in [0.1, 0.15) is 0 Å². The Hall–Kier alpha value is -2.54. The Balaban J connectivity index is 2.48. The second-order valence-corrected chi connectivity index (χ2v) is 4.92. The maximum atomic E-state index is 4.29. The van der Waals surface area contributed by atoms with Gasteiger partial charge in [0.2, 0.25) is 0 Å². The Bertz CT molecular complexity index is 1040. The number of benzene rings is 3. The van der Waals surface area contributed by atoms with Crippen LogP contribution in [0.2, 0.25) is 0 Å². The fraction of sp³-hybridized carbons (Fsp3) is 0. The minimum atomic E-state index is 1.05. The minimum Gasteiger partial charge on any atom is -0.354 e. The average molecular weight is 243 g/mol. The predicted octanol–water partition coefficient (Wildman–Crippen LogP) is 3.29. The zero-order valence-corrected chi connectivity index (χ0v) is 10.5. The van der Waals surface area contributed by atoms with Crippen LogP contribution in [0.3, 0.4) is 0 Å². The number of aromatic nitrogens is 1. The molecule has 0 spiro atoms. The molecular weight excluding hydrogens is 230 g/mol. The Morgan fingerprint density at radius 2 is 1.26 bits per heavy atom. The quantitative estimate of drug-likeness (QED) is 0.488. The molecule has 0 saturated carbocycles. The summed E-state index contributed by atoms with van der Waals surface area (Å²) in [5.41, 5.74) is 2.24. The lowest BCUT2D eigenvalue weighted by atomic mass is 10.0. The Morgan fingerprint density at radius 1 is 0.684 bits per heavy atom. The number of hydrogen-bond acceptors (Lipinski definition) is 0. The molecule has 4 aromatic rings. The molecule has 1 heterocycles. The molecule has 4 rings (SSSR count). The highest BCUT2D eigenvalue weighted by Crippen LogP contribution is 2.22. The Labute approximate surface area is 110 Å². The van der Waals surface area contributed by atoms with E-state index in [4.69, 9.17) is 0 Å². The maximum absolute atomic E-state index is 4.29. The van der Waals surface area contributed by atoms with Crippen LogP contribution in [0.5, 0.6) is 0 Å². The highest BCUT2D eigenvalue weighted by atomic mass is 14.7. The van der Waals surface area contributed by atoms with Crippen molar-refractivity contribution < 1.29 is 0 Å². The van der Waals surface area contributed by atoms with Crippen molar-refractivity contribution in [3.05, 3.63) is 59.0 Å². The summed E-state index contributed by atoms with van der Waals surface area (Å²) in [7, 11) is 0. The highest BCUT2D eigenvalue weighted by Gasteiger charge is 2.08. The number of hydrogen-bond donors (Lipinski definition) is 1. The average Bonchev–Trinajstić information content (AvgIpc) is 2.84. The van der Waals surface area contributed by atoms with E-state index >= 15 is 0 Å². The van der Waals surface area contributed by atoms with Gasteiger partial charge in [-0.3, -0.25) is 0 Å². The largest absolute Gasteiger partial charge is 0.354 e. The molecule has 0 fully saturated rings. The van der Waals surface area contributed by atoms with Gasteiger partial charge < -0.3 is 4.98 Å². The van der Waals surface area contributed by atoms with E-state index in [-0.39, 0.29) is 0 Å². The van der Waals surface area contributed by atoms with Gasteiger partial charge in [-0.1, -0.05) is 55.6 Å². The van der Waals surface area contributed by atoms with E-state index in [0.29, 0.717) is 0 Å². The van der Waals surface area contributed by atoms with Gasteiger partial charge in [0.25, 0.3) is 0 Å². The normalized spacial score (nSPS) is 11.6. The van der Waals surface area contributed by atoms with Crippen LogP contribution in [0.25, 0.3) is 45.7 Å². The van der Waals surface area contributed by atoms with Crippen LogP contribution >= 0.6 is 0 Å². The van der Waals surface area contributed by atoms with E-state index in [2.05, 4.69) is 54.5 Å². The van der Waals surface area contributed by atoms with E-state index in [9.17, 15) is 0 Å². The van der Waals surface area contributed by atoms with Crippen molar-refractivity contribution in [1.82, 2.24) is 4.98 Å². The number of para-hydroxylation sites is 1. The van der Waals surface area contributed by atoms with Gasteiger partial charge in [-0.15, -0.1) is 0 Å². The van der Waals surface area contributed by atoms with Crippen LogP contribution in [0, 0.1) is 0 Å². The standard InChI is InChI=1S/C18H13N/c1-11-13-7-3-4-8-14(13)12(2)18-17(11)15-9-5-6-10-16(15)19-18/h3-10,19H,1-2H2. The molecule has 19 heavy (non-hydrogen) atoms. The summed E-state index contributed by atoms with van der Waals surface area (Å²) >= 11 is 0. The zero-order chi connectivity index (χ0) is 13.0. The number of rotatable bonds is 0. The van der Waals surface area contributed by atoms with Crippen molar-refractivity contribution in [3.8, 4) is 0 Å². The smallest absolute Gasteiger partial charge is 0.0544 e. The first-order valence-electron chi connectivity index (χ1n) is 6.36. The number of aromatic amines is 1. The van der Waals surface area contributed by atoms with Crippen LogP contribution in [0.15, 0.2) is 48.5 Å². The molecular formula is C18H13N. The maximum Gasteiger partial charge on any atom is 0.0544 e. The lowest BCUT2D eigenvalue weighted by molar-refractivity contribution is 1.53. The third-order valence-corrected chi connectivity index (χ3v) is 3.89. The number of nitrogens with one attached hydrogen (secondary N) is 1. The first-order chi connectivity index (χ1) is 9.27. The van der Waals surface area contributed by atoms with Gasteiger partial charge in [0.15, 0.2) is 0 Å². The summed E-state index contributed by atoms with van der Waals surface area (Å²) in [4.78, 5) is 3.48. The number of H-pyrrole nitrogens is 1. The lowest BCUT2D eigenvalue weighted by Gasteiger charge is -2.02. The monoisotopic (exact) mass is 243 g/mol. The first kappa shape index (κ1) is 10.4. The molecule has 0 amide bonds. The third-order valence-electron chi connectivity index (χ3n) is 3.89. The molecule has 1 nitrogen and oxygen atoms in total. The summed E-state index contributed by atoms with van der Waals surface area (Å²) in [5, 5.41) is 6.90.